The van der Waals surface area contributed by atoms with Gasteiger partial charge in [-0.05, 0) is 37.3 Å². The van der Waals surface area contributed by atoms with Crippen molar-refractivity contribution in [2.24, 2.45) is 0 Å². The van der Waals surface area contributed by atoms with Crippen LogP contribution in [-0.4, -0.2) is 26.4 Å². The maximum atomic E-state index is 14.0. The van der Waals surface area contributed by atoms with Gasteiger partial charge in [0.05, 0.1) is 21.4 Å². The third-order valence-corrected chi connectivity index (χ3v) is 5.39. The Morgan fingerprint density at radius 1 is 1.19 bits per heavy atom. The second kappa shape index (κ2) is 8.73. The average Bonchev–Trinajstić information content (AvgIpc) is 3.06. The maximum Gasteiger partial charge on any atom is 0.234 e. The van der Waals surface area contributed by atoms with Crippen LogP contribution in [-0.2, 0) is 11.3 Å². The molecule has 0 aliphatic heterocycles. The van der Waals surface area contributed by atoms with Gasteiger partial charge in [-0.2, -0.15) is 0 Å². The summed E-state index contributed by atoms with van der Waals surface area (Å²) >= 11 is 13.0. The van der Waals surface area contributed by atoms with E-state index in [2.05, 4.69) is 15.5 Å². The number of anilines is 1. The summed E-state index contributed by atoms with van der Waals surface area (Å²) in [6.45, 7) is 2.46. The highest BCUT2D eigenvalue weighted by atomic mass is 35.5. The lowest BCUT2D eigenvalue weighted by atomic mass is 10.2. The van der Waals surface area contributed by atoms with Gasteiger partial charge in [-0.15, -0.1) is 10.2 Å². The largest absolute Gasteiger partial charge is 0.325 e. The predicted octanol–water partition coefficient (Wildman–Crippen LogP) is 5.14. The van der Waals surface area contributed by atoms with Crippen molar-refractivity contribution in [3.63, 3.8) is 0 Å². The number of thioether (sulfide) groups is 1. The number of nitrogens with one attached hydrogen (secondary N) is 1. The standard InChI is InChI=1S/C18H15Cl2FN4OS/c1-2-25-17(12-5-3-4-6-15(12)21)23-24-18(25)27-10-16(26)22-11-7-8-13(19)14(20)9-11/h3-9H,2,10H2,1H3,(H,22,26). The van der Waals surface area contributed by atoms with Gasteiger partial charge >= 0.3 is 0 Å². The van der Waals surface area contributed by atoms with Crippen molar-refractivity contribution < 1.29 is 9.18 Å². The maximum absolute atomic E-state index is 14.0. The molecule has 0 aliphatic carbocycles. The first kappa shape index (κ1) is 19.7. The molecule has 0 spiro atoms. The second-order valence-corrected chi connectivity index (χ2v) is 7.25. The van der Waals surface area contributed by atoms with Crippen LogP contribution in [0.25, 0.3) is 11.4 Å². The molecule has 27 heavy (non-hydrogen) atoms. The van der Waals surface area contributed by atoms with E-state index in [9.17, 15) is 9.18 Å². The zero-order valence-electron chi connectivity index (χ0n) is 14.2. The Balaban J connectivity index is 1.70. The smallest absolute Gasteiger partial charge is 0.234 e. The molecule has 0 aliphatic rings. The van der Waals surface area contributed by atoms with Gasteiger partial charge in [0.1, 0.15) is 5.82 Å². The van der Waals surface area contributed by atoms with Crippen LogP contribution < -0.4 is 5.32 Å². The summed E-state index contributed by atoms with van der Waals surface area (Å²) in [4.78, 5) is 12.2. The lowest BCUT2D eigenvalue weighted by Gasteiger charge is -2.08. The number of halogens is 3. The number of amides is 1. The number of carbonyl (C=O) groups excluding carboxylic acids is 1. The molecule has 0 saturated carbocycles. The van der Waals surface area contributed by atoms with Gasteiger partial charge in [0.2, 0.25) is 5.91 Å². The van der Waals surface area contributed by atoms with Crippen LogP contribution in [0.2, 0.25) is 10.0 Å². The summed E-state index contributed by atoms with van der Waals surface area (Å²) in [5.41, 5.74) is 0.929. The molecule has 1 N–H and O–H groups in total. The summed E-state index contributed by atoms with van der Waals surface area (Å²) in [7, 11) is 0. The number of carbonyl (C=O) groups is 1. The normalized spacial score (nSPS) is 10.8. The van der Waals surface area contributed by atoms with E-state index in [4.69, 9.17) is 23.2 Å². The Bertz CT molecular complexity index is 980. The molecular weight excluding hydrogens is 410 g/mol. The first-order valence-corrected chi connectivity index (χ1v) is 9.79. The molecule has 0 fully saturated rings. The molecule has 1 amide bonds. The summed E-state index contributed by atoms with van der Waals surface area (Å²) in [5.74, 6) is -0.0386. The van der Waals surface area contributed by atoms with Crippen LogP contribution in [0.1, 0.15) is 6.92 Å². The Labute approximate surface area is 169 Å². The Hall–Kier alpha value is -2.09. The molecular formula is C18H15Cl2FN4OS. The number of rotatable bonds is 6. The van der Waals surface area contributed by atoms with E-state index in [0.29, 0.717) is 38.8 Å². The second-order valence-electron chi connectivity index (χ2n) is 5.50. The number of hydrogen-bond donors (Lipinski definition) is 1. The first-order chi connectivity index (χ1) is 13.0. The van der Waals surface area contributed by atoms with Crippen molar-refractivity contribution >= 4 is 46.6 Å². The molecule has 9 heteroatoms. The topological polar surface area (TPSA) is 59.8 Å². The monoisotopic (exact) mass is 424 g/mol. The zero-order chi connectivity index (χ0) is 19.4. The van der Waals surface area contributed by atoms with Crippen molar-refractivity contribution in [2.45, 2.75) is 18.6 Å². The van der Waals surface area contributed by atoms with E-state index in [1.165, 1.54) is 17.8 Å². The SMILES string of the molecule is CCn1c(SCC(=O)Nc2ccc(Cl)c(Cl)c2)nnc1-c1ccccc1F. The highest BCUT2D eigenvalue weighted by Gasteiger charge is 2.17. The van der Waals surface area contributed by atoms with Gasteiger partial charge in [-0.1, -0.05) is 47.1 Å². The molecule has 0 unspecified atom stereocenters. The van der Waals surface area contributed by atoms with E-state index >= 15 is 0 Å². The molecule has 2 aromatic carbocycles. The highest BCUT2D eigenvalue weighted by molar-refractivity contribution is 7.99. The van der Waals surface area contributed by atoms with E-state index in [-0.39, 0.29) is 17.5 Å². The van der Waals surface area contributed by atoms with Gasteiger partial charge < -0.3 is 9.88 Å². The van der Waals surface area contributed by atoms with Gasteiger partial charge in [-0.25, -0.2) is 4.39 Å². The molecule has 3 rings (SSSR count). The van der Waals surface area contributed by atoms with Crippen molar-refractivity contribution in [1.82, 2.24) is 14.8 Å². The van der Waals surface area contributed by atoms with Crippen molar-refractivity contribution in [3.05, 3.63) is 58.3 Å². The first-order valence-electron chi connectivity index (χ1n) is 8.05. The van der Waals surface area contributed by atoms with Crippen LogP contribution in [0.5, 0.6) is 0 Å². The van der Waals surface area contributed by atoms with Crippen LogP contribution in [0.3, 0.4) is 0 Å². The Kier molecular flexibility index (Phi) is 6.36. The number of benzene rings is 2. The highest BCUT2D eigenvalue weighted by Crippen LogP contribution is 2.27. The van der Waals surface area contributed by atoms with Crippen molar-refractivity contribution in [3.8, 4) is 11.4 Å². The van der Waals surface area contributed by atoms with Crippen LogP contribution in [0, 0.1) is 5.82 Å². The van der Waals surface area contributed by atoms with Crippen molar-refractivity contribution in [1.29, 1.82) is 0 Å². The predicted molar refractivity (Wildman–Crippen MR) is 107 cm³/mol. The molecule has 0 saturated heterocycles. The van der Waals surface area contributed by atoms with E-state index in [1.807, 2.05) is 6.92 Å². The van der Waals surface area contributed by atoms with Crippen LogP contribution in [0.15, 0.2) is 47.6 Å². The van der Waals surface area contributed by atoms with Crippen LogP contribution >= 0.6 is 35.0 Å². The van der Waals surface area contributed by atoms with E-state index in [1.54, 1.807) is 41.0 Å². The Morgan fingerprint density at radius 2 is 1.96 bits per heavy atom. The number of aromatic nitrogens is 3. The van der Waals surface area contributed by atoms with Gasteiger partial charge in [0.15, 0.2) is 11.0 Å². The van der Waals surface area contributed by atoms with Crippen LogP contribution in [0.4, 0.5) is 10.1 Å². The molecule has 0 radical (unpaired) electrons. The fourth-order valence-electron chi connectivity index (χ4n) is 2.42. The summed E-state index contributed by atoms with van der Waals surface area (Å²) in [6, 6.07) is 11.2. The molecule has 0 bridgehead atoms. The third kappa shape index (κ3) is 4.61. The molecule has 140 valence electrons. The summed E-state index contributed by atoms with van der Waals surface area (Å²) in [5, 5.41) is 12.3. The number of nitrogens with zero attached hydrogens (tertiary/aromatic N) is 3. The van der Waals surface area contributed by atoms with Gasteiger partial charge in [-0.3, -0.25) is 4.79 Å². The quantitative estimate of drug-likeness (QED) is 0.556. The lowest BCUT2D eigenvalue weighted by molar-refractivity contribution is -0.113. The minimum Gasteiger partial charge on any atom is -0.325 e. The summed E-state index contributed by atoms with van der Waals surface area (Å²) in [6.07, 6.45) is 0. The summed E-state index contributed by atoms with van der Waals surface area (Å²) < 4.78 is 15.8. The molecule has 0 atom stereocenters. The van der Waals surface area contributed by atoms with Crippen molar-refractivity contribution in [2.75, 3.05) is 11.1 Å². The number of hydrogen-bond acceptors (Lipinski definition) is 4. The van der Waals surface area contributed by atoms with E-state index < -0.39 is 0 Å². The van der Waals surface area contributed by atoms with E-state index in [0.717, 1.165) is 0 Å². The Morgan fingerprint density at radius 3 is 2.67 bits per heavy atom. The molecule has 5 nitrogen and oxygen atoms in total. The molecule has 3 aromatic rings. The lowest BCUT2D eigenvalue weighted by Crippen LogP contribution is -2.14. The fourth-order valence-corrected chi connectivity index (χ4v) is 3.52. The molecule has 1 aromatic heterocycles. The van der Waals surface area contributed by atoms with Gasteiger partial charge in [0, 0.05) is 12.2 Å². The fraction of sp³-hybridized carbons (Fsp3) is 0.167. The minimum absolute atomic E-state index is 0.121. The minimum atomic E-state index is -0.367. The molecule has 1 heterocycles. The third-order valence-electron chi connectivity index (χ3n) is 3.68. The zero-order valence-corrected chi connectivity index (χ0v) is 16.6. The average molecular weight is 425 g/mol. The van der Waals surface area contributed by atoms with Gasteiger partial charge in [0.25, 0.3) is 0 Å².